The molecule has 1 aromatic heterocycles. The van der Waals surface area contributed by atoms with Crippen LogP contribution in [0.2, 0.25) is 0 Å². The van der Waals surface area contributed by atoms with Gasteiger partial charge in [-0.1, -0.05) is 12.1 Å². The van der Waals surface area contributed by atoms with Crippen molar-refractivity contribution in [3.8, 4) is 5.75 Å². The highest BCUT2D eigenvalue weighted by molar-refractivity contribution is 7.81. The molecule has 0 saturated carbocycles. The number of hydrogen-bond donors (Lipinski definition) is 3. The zero-order chi connectivity index (χ0) is 11.5. The lowest BCUT2D eigenvalue weighted by Crippen LogP contribution is -2.13. The Hall–Kier alpha value is -1.75. The van der Waals surface area contributed by atoms with E-state index in [4.69, 9.17) is 0 Å². The maximum absolute atomic E-state index is 11.1. The normalized spacial score (nSPS) is 10.3. The lowest BCUT2D eigenvalue weighted by atomic mass is 10.2. The molecule has 1 amide bonds. The molecule has 1 heterocycles. The van der Waals surface area contributed by atoms with Gasteiger partial charge in [0.2, 0.25) is 5.91 Å². The van der Waals surface area contributed by atoms with Crippen molar-refractivity contribution in [2.75, 3.05) is 11.1 Å². The number of amides is 1. The molecule has 2 aromatic rings. The van der Waals surface area contributed by atoms with E-state index in [0.717, 1.165) is 5.39 Å². The Morgan fingerprint density at radius 1 is 1.38 bits per heavy atom. The fourth-order valence-corrected chi connectivity index (χ4v) is 1.46. The van der Waals surface area contributed by atoms with Gasteiger partial charge in [-0.05, 0) is 18.2 Å². The van der Waals surface area contributed by atoms with Crippen LogP contribution in [0, 0.1) is 0 Å². The lowest BCUT2D eigenvalue weighted by molar-refractivity contribution is -0.113. The number of rotatable bonds is 2. The molecule has 0 unspecified atom stereocenters. The van der Waals surface area contributed by atoms with Crippen LogP contribution in [-0.4, -0.2) is 21.8 Å². The number of phenolic OH excluding ortho intramolecular Hbond substituents is 1. The number of aromatic nitrogens is 1. The van der Waals surface area contributed by atoms with Gasteiger partial charge in [0.15, 0.2) is 0 Å². The number of benzene rings is 1. The van der Waals surface area contributed by atoms with Gasteiger partial charge in [0.05, 0.1) is 5.75 Å². The maximum Gasteiger partial charge on any atom is 0.235 e. The highest BCUT2D eigenvalue weighted by atomic mass is 32.1. The van der Waals surface area contributed by atoms with E-state index in [0.29, 0.717) is 11.3 Å². The van der Waals surface area contributed by atoms with Crippen molar-refractivity contribution in [1.82, 2.24) is 4.98 Å². The summed E-state index contributed by atoms with van der Waals surface area (Å²) >= 11 is 3.85. The number of phenols is 1. The number of nitrogens with zero attached hydrogens (tertiary/aromatic N) is 1. The minimum Gasteiger partial charge on any atom is -0.506 e. The van der Waals surface area contributed by atoms with Gasteiger partial charge >= 0.3 is 0 Å². The van der Waals surface area contributed by atoms with Gasteiger partial charge < -0.3 is 10.4 Å². The zero-order valence-electron chi connectivity index (χ0n) is 8.34. The van der Waals surface area contributed by atoms with Crippen LogP contribution in [0.25, 0.3) is 10.9 Å². The fraction of sp³-hybridized carbons (Fsp3) is 0.0909. The van der Waals surface area contributed by atoms with Gasteiger partial charge in [-0.2, -0.15) is 12.6 Å². The van der Waals surface area contributed by atoms with E-state index >= 15 is 0 Å². The van der Waals surface area contributed by atoms with Gasteiger partial charge in [-0.15, -0.1) is 0 Å². The van der Waals surface area contributed by atoms with Crippen molar-refractivity contribution < 1.29 is 9.90 Å². The number of para-hydroxylation sites is 1. The SMILES string of the molecule is O=C(CS)Nc1ccc2cccc(O)c2n1. The summed E-state index contributed by atoms with van der Waals surface area (Å²) < 4.78 is 0. The number of carbonyl (C=O) groups is 1. The predicted molar refractivity (Wildman–Crippen MR) is 65.9 cm³/mol. The van der Waals surface area contributed by atoms with Crippen molar-refractivity contribution in [2.24, 2.45) is 0 Å². The van der Waals surface area contributed by atoms with E-state index < -0.39 is 0 Å². The summed E-state index contributed by atoms with van der Waals surface area (Å²) in [5.41, 5.74) is 0.472. The van der Waals surface area contributed by atoms with Gasteiger partial charge in [0.1, 0.15) is 17.1 Å². The highest BCUT2D eigenvalue weighted by Gasteiger charge is 2.04. The molecule has 0 aliphatic carbocycles. The lowest BCUT2D eigenvalue weighted by Gasteiger charge is -2.04. The Balaban J connectivity index is 2.43. The summed E-state index contributed by atoms with van der Waals surface area (Å²) in [5.74, 6) is 0.374. The summed E-state index contributed by atoms with van der Waals surface area (Å²) in [6.45, 7) is 0. The van der Waals surface area contributed by atoms with Crippen LogP contribution in [-0.2, 0) is 4.79 Å². The molecule has 4 nitrogen and oxygen atoms in total. The molecule has 1 aromatic carbocycles. The number of nitrogens with one attached hydrogen (secondary N) is 1. The number of anilines is 1. The molecule has 2 rings (SSSR count). The van der Waals surface area contributed by atoms with E-state index in [2.05, 4.69) is 22.9 Å². The number of aromatic hydroxyl groups is 1. The van der Waals surface area contributed by atoms with Gasteiger partial charge in [0, 0.05) is 5.39 Å². The summed E-state index contributed by atoms with van der Waals surface area (Å²) in [7, 11) is 0. The molecule has 0 aliphatic rings. The average molecular weight is 234 g/mol. The third-order valence-electron chi connectivity index (χ3n) is 2.11. The van der Waals surface area contributed by atoms with Crippen LogP contribution in [0.5, 0.6) is 5.75 Å². The second-order valence-electron chi connectivity index (χ2n) is 3.25. The van der Waals surface area contributed by atoms with Crippen LogP contribution >= 0.6 is 12.6 Å². The maximum atomic E-state index is 11.1. The van der Waals surface area contributed by atoms with Gasteiger partial charge in [-0.3, -0.25) is 4.79 Å². The van der Waals surface area contributed by atoms with E-state index in [1.165, 1.54) is 0 Å². The molecule has 0 saturated heterocycles. The quantitative estimate of drug-likeness (QED) is 0.694. The monoisotopic (exact) mass is 234 g/mol. The topological polar surface area (TPSA) is 62.2 Å². The van der Waals surface area contributed by atoms with E-state index in [1.54, 1.807) is 24.3 Å². The summed E-state index contributed by atoms with van der Waals surface area (Å²) in [6, 6.07) is 8.61. The van der Waals surface area contributed by atoms with Crippen LogP contribution in [0.15, 0.2) is 30.3 Å². The van der Waals surface area contributed by atoms with E-state index in [9.17, 15) is 9.90 Å². The second kappa shape index (κ2) is 4.40. The standard InChI is InChI=1S/C11H10N2O2S/c14-8-3-1-2-7-4-5-9(13-11(7)8)12-10(15)6-16/h1-5,14,16H,6H2,(H,12,13,15). The van der Waals surface area contributed by atoms with Crippen LogP contribution in [0.3, 0.4) is 0 Å². The number of pyridine rings is 1. The van der Waals surface area contributed by atoms with Crippen molar-refractivity contribution >= 4 is 35.3 Å². The first kappa shape index (κ1) is 10.8. The molecule has 0 atom stereocenters. The summed E-state index contributed by atoms with van der Waals surface area (Å²) in [4.78, 5) is 15.3. The minimum absolute atomic E-state index is 0.0967. The first-order chi connectivity index (χ1) is 7.70. The Labute approximate surface area is 97.7 Å². The smallest absolute Gasteiger partial charge is 0.235 e. The first-order valence-corrected chi connectivity index (χ1v) is 5.33. The molecular formula is C11H10N2O2S. The minimum atomic E-state index is -0.231. The molecule has 82 valence electrons. The fourth-order valence-electron chi connectivity index (χ4n) is 1.38. The molecule has 2 N–H and O–H groups in total. The van der Waals surface area contributed by atoms with Crippen LogP contribution in [0.4, 0.5) is 5.82 Å². The third kappa shape index (κ3) is 2.09. The number of fused-ring (bicyclic) bond motifs is 1. The molecule has 0 bridgehead atoms. The number of hydrogen-bond acceptors (Lipinski definition) is 4. The predicted octanol–water partition coefficient (Wildman–Crippen LogP) is 1.81. The molecule has 0 radical (unpaired) electrons. The van der Waals surface area contributed by atoms with Crippen molar-refractivity contribution in [3.63, 3.8) is 0 Å². The zero-order valence-corrected chi connectivity index (χ0v) is 9.24. The molecule has 16 heavy (non-hydrogen) atoms. The molecular weight excluding hydrogens is 224 g/mol. The van der Waals surface area contributed by atoms with Gasteiger partial charge in [0.25, 0.3) is 0 Å². The molecule has 5 heteroatoms. The van der Waals surface area contributed by atoms with Crippen molar-refractivity contribution in [3.05, 3.63) is 30.3 Å². The van der Waals surface area contributed by atoms with Gasteiger partial charge in [-0.25, -0.2) is 4.98 Å². The third-order valence-corrected chi connectivity index (χ3v) is 2.40. The highest BCUT2D eigenvalue weighted by Crippen LogP contribution is 2.23. The average Bonchev–Trinajstić information content (AvgIpc) is 2.30. The molecule has 0 spiro atoms. The Kier molecular flexibility index (Phi) is 2.96. The van der Waals surface area contributed by atoms with E-state index in [-0.39, 0.29) is 17.4 Å². The molecule has 0 aliphatic heterocycles. The Morgan fingerprint density at radius 3 is 2.94 bits per heavy atom. The molecule has 0 fully saturated rings. The van der Waals surface area contributed by atoms with Crippen LogP contribution in [0.1, 0.15) is 0 Å². The first-order valence-electron chi connectivity index (χ1n) is 4.70. The Morgan fingerprint density at radius 2 is 2.19 bits per heavy atom. The van der Waals surface area contributed by atoms with Crippen molar-refractivity contribution in [1.29, 1.82) is 0 Å². The van der Waals surface area contributed by atoms with E-state index in [1.807, 2.05) is 6.07 Å². The largest absolute Gasteiger partial charge is 0.506 e. The summed E-state index contributed by atoms with van der Waals surface area (Å²) in [5, 5.41) is 13.0. The number of carbonyl (C=O) groups excluding carboxylic acids is 1. The Bertz CT molecular complexity index is 542. The van der Waals surface area contributed by atoms with Crippen LogP contribution < -0.4 is 5.32 Å². The summed E-state index contributed by atoms with van der Waals surface area (Å²) in [6.07, 6.45) is 0. The number of thiol groups is 1. The van der Waals surface area contributed by atoms with Crippen molar-refractivity contribution in [2.45, 2.75) is 0 Å². The second-order valence-corrected chi connectivity index (χ2v) is 3.57.